The molecule has 0 saturated carbocycles. The predicted octanol–water partition coefficient (Wildman–Crippen LogP) is 3.80. The molecule has 2 aromatic heterocycles. The second-order valence-electron chi connectivity index (χ2n) is 7.16. The summed E-state index contributed by atoms with van der Waals surface area (Å²) in [7, 11) is 4.61. The van der Waals surface area contributed by atoms with Crippen LogP contribution in [-0.2, 0) is 16.1 Å². The van der Waals surface area contributed by atoms with Gasteiger partial charge in [-0.25, -0.2) is 9.78 Å². The number of carbonyl (C=O) groups is 1. The van der Waals surface area contributed by atoms with Gasteiger partial charge in [0.1, 0.15) is 23.1 Å². The molecule has 2 N–H and O–H groups in total. The van der Waals surface area contributed by atoms with Crippen molar-refractivity contribution in [2.45, 2.75) is 38.8 Å². The Labute approximate surface area is 187 Å². The smallest absolute Gasteiger partial charge is 0.328 e. The van der Waals surface area contributed by atoms with Gasteiger partial charge >= 0.3 is 5.97 Å². The standard InChI is InChI=1S/C23H29N5O4/c1-5-6-8-18(22(29)32-4)26-21-20-17(9-7-12-24-20)27-23(28-21)25-14-15-10-11-16(30-2)13-19(15)31-3/h7,9-13,18H,5-6,8,14H2,1-4H3,(H2,25,26,27,28). The first kappa shape index (κ1) is 23.1. The van der Waals surface area contributed by atoms with E-state index in [9.17, 15) is 4.79 Å². The lowest BCUT2D eigenvalue weighted by Gasteiger charge is -2.18. The van der Waals surface area contributed by atoms with Crippen molar-refractivity contribution in [1.82, 2.24) is 15.0 Å². The molecule has 3 rings (SSSR count). The number of fused-ring (bicyclic) bond motifs is 1. The Hall–Kier alpha value is -3.62. The molecule has 1 unspecified atom stereocenters. The summed E-state index contributed by atoms with van der Waals surface area (Å²) in [5, 5.41) is 6.45. The van der Waals surface area contributed by atoms with Gasteiger partial charge < -0.3 is 24.8 Å². The van der Waals surface area contributed by atoms with E-state index in [0.29, 0.717) is 47.3 Å². The van der Waals surface area contributed by atoms with Crippen LogP contribution in [-0.4, -0.2) is 48.3 Å². The zero-order valence-electron chi connectivity index (χ0n) is 18.8. The molecular weight excluding hydrogens is 410 g/mol. The van der Waals surface area contributed by atoms with Gasteiger partial charge in [0, 0.05) is 24.4 Å². The molecule has 9 heteroatoms. The average molecular weight is 440 g/mol. The quantitative estimate of drug-likeness (QED) is 0.431. The Balaban J connectivity index is 1.88. The van der Waals surface area contributed by atoms with Gasteiger partial charge in [0.15, 0.2) is 5.82 Å². The molecular formula is C23H29N5O4. The summed E-state index contributed by atoms with van der Waals surface area (Å²) in [4.78, 5) is 25.9. The van der Waals surface area contributed by atoms with Gasteiger partial charge in [0.25, 0.3) is 0 Å². The number of anilines is 2. The molecule has 0 amide bonds. The first-order valence-electron chi connectivity index (χ1n) is 10.5. The number of aromatic nitrogens is 3. The third-order valence-corrected chi connectivity index (χ3v) is 5.03. The Morgan fingerprint density at radius 3 is 2.69 bits per heavy atom. The second-order valence-corrected chi connectivity index (χ2v) is 7.16. The van der Waals surface area contributed by atoms with Crippen LogP contribution in [0.5, 0.6) is 11.5 Å². The van der Waals surface area contributed by atoms with Crippen molar-refractivity contribution < 1.29 is 19.0 Å². The van der Waals surface area contributed by atoms with Gasteiger partial charge in [0.05, 0.1) is 26.8 Å². The number of unbranched alkanes of at least 4 members (excludes halogenated alkanes) is 1. The number of rotatable bonds is 11. The molecule has 9 nitrogen and oxygen atoms in total. The fourth-order valence-corrected chi connectivity index (χ4v) is 3.28. The van der Waals surface area contributed by atoms with Crippen molar-refractivity contribution in [3.63, 3.8) is 0 Å². The fourth-order valence-electron chi connectivity index (χ4n) is 3.28. The van der Waals surface area contributed by atoms with E-state index >= 15 is 0 Å². The third kappa shape index (κ3) is 5.54. The lowest BCUT2D eigenvalue weighted by Crippen LogP contribution is -2.31. The summed E-state index contributed by atoms with van der Waals surface area (Å²) in [6.07, 6.45) is 4.15. The van der Waals surface area contributed by atoms with Gasteiger partial charge in [-0.1, -0.05) is 19.8 Å². The number of hydrogen-bond donors (Lipinski definition) is 2. The zero-order valence-corrected chi connectivity index (χ0v) is 18.8. The highest BCUT2D eigenvalue weighted by molar-refractivity contribution is 5.88. The molecule has 0 bridgehead atoms. The Morgan fingerprint density at radius 2 is 1.97 bits per heavy atom. The summed E-state index contributed by atoms with van der Waals surface area (Å²) in [6.45, 7) is 2.51. The van der Waals surface area contributed by atoms with E-state index in [0.717, 1.165) is 18.4 Å². The number of nitrogens with zero attached hydrogens (tertiary/aromatic N) is 3. The highest BCUT2D eigenvalue weighted by Gasteiger charge is 2.21. The van der Waals surface area contributed by atoms with Crippen LogP contribution in [0.1, 0.15) is 31.7 Å². The van der Waals surface area contributed by atoms with E-state index in [1.54, 1.807) is 20.4 Å². The Morgan fingerprint density at radius 1 is 1.12 bits per heavy atom. The van der Waals surface area contributed by atoms with E-state index < -0.39 is 6.04 Å². The van der Waals surface area contributed by atoms with Gasteiger partial charge in [-0.15, -0.1) is 0 Å². The highest BCUT2D eigenvalue weighted by Crippen LogP contribution is 2.26. The van der Waals surface area contributed by atoms with Crippen LogP contribution in [0, 0.1) is 0 Å². The Kier molecular flexibility index (Phi) is 8.02. The van der Waals surface area contributed by atoms with E-state index in [1.807, 2.05) is 30.3 Å². The van der Waals surface area contributed by atoms with Crippen molar-refractivity contribution in [2.75, 3.05) is 32.0 Å². The molecule has 0 radical (unpaired) electrons. The number of carbonyl (C=O) groups excluding carboxylic acids is 1. The number of ether oxygens (including phenoxy) is 3. The van der Waals surface area contributed by atoms with Crippen LogP contribution in [0.25, 0.3) is 11.0 Å². The summed E-state index contributed by atoms with van der Waals surface area (Å²) in [5.41, 5.74) is 2.17. The number of nitrogens with one attached hydrogen (secondary N) is 2. The zero-order chi connectivity index (χ0) is 22.9. The molecule has 1 atom stereocenters. The largest absolute Gasteiger partial charge is 0.497 e. The van der Waals surface area contributed by atoms with Gasteiger partial charge in [0.2, 0.25) is 5.95 Å². The van der Waals surface area contributed by atoms with Crippen LogP contribution in [0.3, 0.4) is 0 Å². The SMILES string of the molecule is CCCCC(Nc1nc(NCc2ccc(OC)cc2OC)nc2cccnc12)C(=O)OC. The van der Waals surface area contributed by atoms with E-state index in [1.165, 1.54) is 7.11 Å². The van der Waals surface area contributed by atoms with E-state index in [2.05, 4.69) is 32.5 Å². The van der Waals surface area contributed by atoms with Gasteiger partial charge in [-0.3, -0.25) is 4.98 Å². The van der Waals surface area contributed by atoms with Crippen molar-refractivity contribution >= 4 is 28.8 Å². The molecule has 0 spiro atoms. The summed E-state index contributed by atoms with van der Waals surface area (Å²) in [6, 6.07) is 8.76. The van der Waals surface area contributed by atoms with E-state index in [4.69, 9.17) is 14.2 Å². The Bertz CT molecular complexity index is 1060. The second kappa shape index (κ2) is 11.1. The number of hydrogen-bond acceptors (Lipinski definition) is 9. The van der Waals surface area contributed by atoms with Crippen molar-refractivity contribution in [1.29, 1.82) is 0 Å². The molecule has 0 aliphatic carbocycles. The fraction of sp³-hybridized carbons (Fsp3) is 0.391. The minimum atomic E-state index is -0.519. The number of benzene rings is 1. The lowest BCUT2D eigenvalue weighted by atomic mass is 10.1. The molecule has 32 heavy (non-hydrogen) atoms. The number of esters is 1. The van der Waals surface area contributed by atoms with Crippen molar-refractivity contribution in [3.05, 3.63) is 42.1 Å². The predicted molar refractivity (Wildman–Crippen MR) is 123 cm³/mol. The maximum atomic E-state index is 12.3. The first-order valence-corrected chi connectivity index (χ1v) is 10.5. The normalized spacial score (nSPS) is 11.6. The van der Waals surface area contributed by atoms with Gasteiger partial charge in [-0.05, 0) is 30.7 Å². The first-order chi connectivity index (χ1) is 15.6. The van der Waals surface area contributed by atoms with Crippen molar-refractivity contribution in [3.8, 4) is 11.5 Å². The van der Waals surface area contributed by atoms with Crippen LogP contribution >= 0.6 is 0 Å². The molecule has 170 valence electrons. The molecule has 3 aromatic rings. The molecule has 2 heterocycles. The lowest BCUT2D eigenvalue weighted by molar-refractivity contribution is -0.141. The summed E-state index contributed by atoms with van der Waals surface area (Å²) < 4.78 is 15.7. The monoisotopic (exact) mass is 439 g/mol. The number of methoxy groups -OCH3 is 3. The third-order valence-electron chi connectivity index (χ3n) is 5.03. The molecule has 0 fully saturated rings. The van der Waals surface area contributed by atoms with E-state index in [-0.39, 0.29) is 5.97 Å². The molecule has 0 saturated heterocycles. The van der Waals surface area contributed by atoms with Crippen LogP contribution in [0.15, 0.2) is 36.5 Å². The van der Waals surface area contributed by atoms with Crippen LogP contribution < -0.4 is 20.1 Å². The average Bonchev–Trinajstić information content (AvgIpc) is 2.84. The molecule has 0 aliphatic heterocycles. The van der Waals surface area contributed by atoms with Gasteiger partial charge in [-0.2, -0.15) is 4.98 Å². The van der Waals surface area contributed by atoms with Crippen molar-refractivity contribution in [2.24, 2.45) is 0 Å². The van der Waals surface area contributed by atoms with Crippen LogP contribution in [0.4, 0.5) is 11.8 Å². The molecule has 0 aliphatic rings. The maximum absolute atomic E-state index is 12.3. The molecule has 1 aromatic carbocycles. The summed E-state index contributed by atoms with van der Waals surface area (Å²) in [5.74, 6) is 1.96. The minimum absolute atomic E-state index is 0.335. The number of pyridine rings is 1. The maximum Gasteiger partial charge on any atom is 0.328 e. The van der Waals surface area contributed by atoms with Crippen LogP contribution in [0.2, 0.25) is 0 Å². The summed E-state index contributed by atoms with van der Waals surface area (Å²) >= 11 is 0. The highest BCUT2D eigenvalue weighted by atomic mass is 16.5. The topological polar surface area (TPSA) is 107 Å². The minimum Gasteiger partial charge on any atom is -0.497 e.